The summed E-state index contributed by atoms with van der Waals surface area (Å²) in [6, 6.07) is 7.46. The molecular formula is C14H19BrN4O2. The van der Waals surface area contributed by atoms with Gasteiger partial charge in [0.05, 0.1) is 6.54 Å². The number of hydrogen-bond donors (Lipinski definition) is 1. The Hall–Kier alpha value is -1.47. The molecule has 0 aliphatic heterocycles. The summed E-state index contributed by atoms with van der Waals surface area (Å²) in [5.74, 6) is 1.45. The normalized spacial score (nSPS) is 13.2. The first-order valence-electron chi connectivity index (χ1n) is 6.69. The molecule has 2 rings (SSSR count). The number of aliphatic hydroxyl groups is 1. The summed E-state index contributed by atoms with van der Waals surface area (Å²) < 4.78 is 8.15. The largest absolute Gasteiger partial charge is 0.491 e. The Morgan fingerprint density at radius 3 is 2.57 bits per heavy atom. The third kappa shape index (κ3) is 4.50. The summed E-state index contributed by atoms with van der Waals surface area (Å²) in [4.78, 5) is 0. The second kappa shape index (κ2) is 6.53. The first kappa shape index (κ1) is 15.9. The molecule has 0 fully saturated rings. The van der Waals surface area contributed by atoms with Crippen LogP contribution in [0.3, 0.4) is 0 Å². The minimum Gasteiger partial charge on any atom is -0.491 e. The Balaban J connectivity index is 1.92. The van der Waals surface area contributed by atoms with Gasteiger partial charge in [0.25, 0.3) is 0 Å². The van der Waals surface area contributed by atoms with E-state index in [9.17, 15) is 5.11 Å². The molecule has 0 aliphatic rings. The summed E-state index contributed by atoms with van der Waals surface area (Å²) in [5, 5.41) is 21.7. The van der Waals surface area contributed by atoms with Crippen LogP contribution in [0.2, 0.25) is 0 Å². The van der Waals surface area contributed by atoms with E-state index in [-0.39, 0.29) is 12.0 Å². The zero-order chi connectivity index (χ0) is 15.5. The van der Waals surface area contributed by atoms with Crippen molar-refractivity contribution in [2.24, 2.45) is 0 Å². The second-order valence-electron chi connectivity index (χ2n) is 5.85. The number of hydrogen-bond acceptors (Lipinski definition) is 5. The Morgan fingerprint density at radius 1 is 1.29 bits per heavy atom. The Morgan fingerprint density at radius 2 is 1.95 bits per heavy atom. The van der Waals surface area contributed by atoms with Crippen molar-refractivity contribution < 1.29 is 9.84 Å². The van der Waals surface area contributed by atoms with Gasteiger partial charge in [0.15, 0.2) is 5.82 Å². The third-order valence-electron chi connectivity index (χ3n) is 2.84. The lowest BCUT2D eigenvalue weighted by Crippen LogP contribution is -2.28. The van der Waals surface area contributed by atoms with Crippen LogP contribution in [0.5, 0.6) is 5.75 Å². The first-order chi connectivity index (χ1) is 9.86. The maximum absolute atomic E-state index is 10.1. The van der Waals surface area contributed by atoms with Crippen LogP contribution in [-0.4, -0.2) is 38.0 Å². The average molecular weight is 355 g/mol. The highest BCUT2D eigenvalue weighted by molar-refractivity contribution is 9.10. The van der Waals surface area contributed by atoms with Crippen molar-refractivity contribution in [3.63, 3.8) is 0 Å². The molecule has 114 valence electrons. The number of halogens is 1. The lowest BCUT2D eigenvalue weighted by molar-refractivity contribution is 0.0871. The average Bonchev–Trinajstić information content (AvgIpc) is 2.86. The molecule has 0 amide bonds. The summed E-state index contributed by atoms with van der Waals surface area (Å²) in [6.45, 7) is 6.57. The molecule has 1 N–H and O–H groups in total. The van der Waals surface area contributed by atoms with E-state index in [4.69, 9.17) is 4.74 Å². The highest BCUT2D eigenvalue weighted by Crippen LogP contribution is 2.19. The van der Waals surface area contributed by atoms with Gasteiger partial charge in [-0.2, -0.15) is 0 Å². The summed E-state index contributed by atoms with van der Waals surface area (Å²) >= 11 is 3.36. The van der Waals surface area contributed by atoms with Crippen molar-refractivity contribution >= 4 is 15.9 Å². The summed E-state index contributed by atoms with van der Waals surface area (Å²) in [5.41, 5.74) is -0.171. The zero-order valence-electron chi connectivity index (χ0n) is 12.3. The van der Waals surface area contributed by atoms with Gasteiger partial charge in [-0.1, -0.05) is 36.7 Å². The highest BCUT2D eigenvalue weighted by Gasteiger charge is 2.23. The van der Waals surface area contributed by atoms with Crippen LogP contribution in [-0.2, 0) is 12.0 Å². The van der Waals surface area contributed by atoms with Gasteiger partial charge in [-0.15, -0.1) is 5.10 Å². The molecule has 0 radical (unpaired) electrons. The molecule has 1 heterocycles. The van der Waals surface area contributed by atoms with Gasteiger partial charge in [0, 0.05) is 9.89 Å². The molecule has 21 heavy (non-hydrogen) atoms. The number of ether oxygens (including phenoxy) is 1. The zero-order valence-corrected chi connectivity index (χ0v) is 13.9. The smallest absolute Gasteiger partial charge is 0.156 e. The predicted octanol–water partition coefficient (Wildman–Crippen LogP) is 2.17. The summed E-state index contributed by atoms with van der Waals surface area (Å²) in [7, 11) is 0. The monoisotopic (exact) mass is 354 g/mol. The molecule has 2 aromatic rings. The van der Waals surface area contributed by atoms with Crippen LogP contribution in [0.1, 0.15) is 26.6 Å². The van der Waals surface area contributed by atoms with E-state index >= 15 is 0 Å². The van der Waals surface area contributed by atoms with Crippen LogP contribution in [0.15, 0.2) is 28.7 Å². The van der Waals surface area contributed by atoms with Crippen molar-refractivity contribution in [2.45, 2.75) is 38.8 Å². The number of nitrogens with zero attached hydrogens (tertiary/aromatic N) is 4. The Kier molecular flexibility index (Phi) is 4.95. The van der Waals surface area contributed by atoms with Crippen LogP contribution in [0, 0.1) is 0 Å². The van der Waals surface area contributed by atoms with Gasteiger partial charge in [-0.3, -0.25) is 0 Å². The fourth-order valence-corrected chi connectivity index (χ4v) is 2.10. The van der Waals surface area contributed by atoms with Gasteiger partial charge in [-0.05, 0) is 34.7 Å². The van der Waals surface area contributed by atoms with Crippen molar-refractivity contribution in [3.8, 4) is 5.75 Å². The molecule has 1 atom stereocenters. The maximum atomic E-state index is 10.1. The van der Waals surface area contributed by atoms with E-state index < -0.39 is 6.10 Å². The van der Waals surface area contributed by atoms with Crippen molar-refractivity contribution in [1.82, 2.24) is 20.2 Å². The van der Waals surface area contributed by atoms with Crippen LogP contribution < -0.4 is 4.74 Å². The SMILES string of the molecule is CC(C)(C)c1nnnn1C[C@@H](O)COc1ccc(Br)cc1. The van der Waals surface area contributed by atoms with Gasteiger partial charge in [0.2, 0.25) is 0 Å². The second-order valence-corrected chi connectivity index (χ2v) is 6.77. The molecule has 7 heteroatoms. The predicted molar refractivity (Wildman–Crippen MR) is 82.2 cm³/mol. The highest BCUT2D eigenvalue weighted by atomic mass is 79.9. The first-order valence-corrected chi connectivity index (χ1v) is 7.48. The lowest BCUT2D eigenvalue weighted by atomic mass is 9.96. The third-order valence-corrected chi connectivity index (χ3v) is 3.37. The quantitative estimate of drug-likeness (QED) is 0.890. The van der Waals surface area contributed by atoms with E-state index in [1.54, 1.807) is 4.68 Å². The van der Waals surface area contributed by atoms with Gasteiger partial charge in [0.1, 0.15) is 18.5 Å². The van der Waals surface area contributed by atoms with Crippen LogP contribution in [0.25, 0.3) is 0 Å². The van der Waals surface area contributed by atoms with E-state index in [0.29, 0.717) is 12.3 Å². The van der Waals surface area contributed by atoms with Crippen molar-refractivity contribution in [2.75, 3.05) is 6.61 Å². The Labute approximate surface area is 132 Å². The molecule has 0 saturated heterocycles. The van der Waals surface area contributed by atoms with Gasteiger partial charge >= 0.3 is 0 Å². The van der Waals surface area contributed by atoms with Gasteiger partial charge in [-0.25, -0.2) is 4.68 Å². The number of tetrazole rings is 1. The van der Waals surface area contributed by atoms with E-state index in [1.165, 1.54) is 0 Å². The van der Waals surface area contributed by atoms with Crippen LogP contribution in [0.4, 0.5) is 0 Å². The molecule has 0 bridgehead atoms. The number of rotatable bonds is 5. The molecule has 1 aromatic carbocycles. The fourth-order valence-electron chi connectivity index (χ4n) is 1.84. The van der Waals surface area contributed by atoms with E-state index in [0.717, 1.165) is 10.3 Å². The minimum absolute atomic E-state index is 0.171. The number of aromatic nitrogens is 4. The lowest BCUT2D eigenvalue weighted by Gasteiger charge is -2.19. The molecule has 0 saturated carbocycles. The molecule has 0 aliphatic carbocycles. The fraction of sp³-hybridized carbons (Fsp3) is 0.500. The number of aliphatic hydroxyl groups excluding tert-OH is 1. The standard InChI is InChI=1S/C14H19BrN4O2/c1-14(2,3)13-16-17-18-19(13)8-11(20)9-21-12-6-4-10(15)5-7-12/h4-7,11,20H,8-9H2,1-3H3/t11-/m1/s1. The van der Waals surface area contributed by atoms with Crippen molar-refractivity contribution in [3.05, 3.63) is 34.6 Å². The van der Waals surface area contributed by atoms with Crippen LogP contribution >= 0.6 is 15.9 Å². The molecule has 0 unspecified atom stereocenters. The maximum Gasteiger partial charge on any atom is 0.156 e. The Bertz CT molecular complexity index is 577. The molecular weight excluding hydrogens is 336 g/mol. The van der Waals surface area contributed by atoms with E-state index in [2.05, 4.69) is 31.5 Å². The minimum atomic E-state index is -0.682. The molecule has 6 nitrogen and oxygen atoms in total. The summed E-state index contributed by atoms with van der Waals surface area (Å²) in [6.07, 6.45) is -0.682. The van der Waals surface area contributed by atoms with E-state index in [1.807, 2.05) is 45.0 Å². The number of benzene rings is 1. The van der Waals surface area contributed by atoms with Crippen molar-refractivity contribution in [1.29, 1.82) is 0 Å². The van der Waals surface area contributed by atoms with Gasteiger partial charge < -0.3 is 9.84 Å². The topological polar surface area (TPSA) is 73.1 Å². The molecule has 1 aromatic heterocycles. The molecule has 0 spiro atoms.